The Morgan fingerprint density at radius 1 is 1.64 bits per heavy atom. The predicted molar refractivity (Wildman–Crippen MR) is 54.9 cm³/mol. The Balaban J connectivity index is 2.74. The summed E-state index contributed by atoms with van der Waals surface area (Å²) in [7, 11) is 1.68. The van der Waals surface area contributed by atoms with Crippen molar-refractivity contribution >= 4 is 21.8 Å². The number of alkyl halides is 1. The molecule has 76 valence electrons. The lowest BCUT2D eigenvalue weighted by atomic mass is 10.3. The maximum atomic E-state index is 12.5. The van der Waals surface area contributed by atoms with E-state index in [0.717, 1.165) is 6.20 Å². The Morgan fingerprint density at radius 2 is 2.36 bits per heavy atom. The van der Waals surface area contributed by atoms with Gasteiger partial charge >= 0.3 is 0 Å². The van der Waals surface area contributed by atoms with E-state index in [1.165, 1.54) is 17.0 Å². The van der Waals surface area contributed by atoms with Gasteiger partial charge in [-0.3, -0.25) is 4.79 Å². The fourth-order valence-electron chi connectivity index (χ4n) is 0.926. The van der Waals surface area contributed by atoms with E-state index >= 15 is 0 Å². The number of hydrogen-bond acceptors (Lipinski definition) is 2. The monoisotopic (exact) mass is 260 g/mol. The van der Waals surface area contributed by atoms with Gasteiger partial charge in [-0.1, -0.05) is 15.9 Å². The summed E-state index contributed by atoms with van der Waals surface area (Å²) in [6.45, 7) is 0.595. The van der Waals surface area contributed by atoms with E-state index in [2.05, 4.69) is 20.9 Å². The number of nitrogens with zero attached hydrogens (tertiary/aromatic N) is 2. The van der Waals surface area contributed by atoms with Crippen LogP contribution >= 0.6 is 15.9 Å². The highest BCUT2D eigenvalue weighted by molar-refractivity contribution is 9.09. The molecule has 0 bridgehead atoms. The molecule has 5 heteroatoms. The molecule has 0 saturated heterocycles. The van der Waals surface area contributed by atoms with Crippen LogP contribution in [0.5, 0.6) is 0 Å². The molecule has 1 heterocycles. The lowest BCUT2D eigenvalue weighted by Crippen LogP contribution is -2.29. The molecule has 1 amide bonds. The van der Waals surface area contributed by atoms with E-state index in [0.29, 0.717) is 11.9 Å². The van der Waals surface area contributed by atoms with Crippen LogP contribution in [0, 0.1) is 5.82 Å². The van der Waals surface area contributed by atoms with E-state index in [4.69, 9.17) is 0 Å². The van der Waals surface area contributed by atoms with E-state index < -0.39 is 5.82 Å². The van der Waals surface area contributed by atoms with Gasteiger partial charge < -0.3 is 4.90 Å². The Bertz CT molecular complexity index is 315. The van der Waals surface area contributed by atoms with Crippen LogP contribution < -0.4 is 0 Å². The van der Waals surface area contributed by atoms with Crippen LogP contribution in [-0.2, 0) is 0 Å². The molecule has 0 spiro atoms. The van der Waals surface area contributed by atoms with Crippen molar-refractivity contribution in [2.45, 2.75) is 0 Å². The Hall–Kier alpha value is -0.970. The molecule has 1 aromatic heterocycles. The number of carbonyl (C=O) groups is 1. The molecule has 1 aromatic rings. The van der Waals surface area contributed by atoms with Gasteiger partial charge in [0.2, 0.25) is 0 Å². The number of pyridine rings is 1. The number of aromatic nitrogens is 1. The maximum Gasteiger partial charge on any atom is 0.272 e. The zero-order chi connectivity index (χ0) is 10.6. The number of hydrogen-bond donors (Lipinski definition) is 0. The molecule has 14 heavy (non-hydrogen) atoms. The topological polar surface area (TPSA) is 33.2 Å². The summed E-state index contributed by atoms with van der Waals surface area (Å²) in [4.78, 5) is 16.8. The molecule has 1 rings (SSSR count). The van der Waals surface area contributed by atoms with Gasteiger partial charge in [0.15, 0.2) is 0 Å². The van der Waals surface area contributed by atoms with Crippen molar-refractivity contribution in [3.8, 4) is 0 Å². The summed E-state index contributed by atoms with van der Waals surface area (Å²) in [5.74, 6) is -0.644. The number of halogens is 2. The van der Waals surface area contributed by atoms with Gasteiger partial charge in [0.1, 0.15) is 11.5 Å². The fraction of sp³-hybridized carbons (Fsp3) is 0.333. The average Bonchev–Trinajstić information content (AvgIpc) is 2.18. The molecule has 0 atom stereocenters. The van der Waals surface area contributed by atoms with Crippen molar-refractivity contribution in [3.05, 3.63) is 29.8 Å². The Labute approximate surface area is 90.1 Å². The second-order valence-corrected chi connectivity index (χ2v) is 3.57. The molecule has 3 nitrogen and oxygen atoms in total. The van der Waals surface area contributed by atoms with Crippen molar-refractivity contribution in [2.75, 3.05) is 18.9 Å². The summed E-state index contributed by atoms with van der Waals surface area (Å²) >= 11 is 3.23. The number of rotatable bonds is 3. The molecule has 0 radical (unpaired) electrons. The molecule has 0 fully saturated rings. The highest BCUT2D eigenvalue weighted by Crippen LogP contribution is 2.02. The molecule has 0 N–H and O–H groups in total. The third kappa shape index (κ3) is 2.77. The largest absolute Gasteiger partial charge is 0.340 e. The fourth-order valence-corrected chi connectivity index (χ4v) is 1.46. The molecule has 0 aliphatic carbocycles. The molecule has 0 unspecified atom stereocenters. The smallest absolute Gasteiger partial charge is 0.272 e. The lowest BCUT2D eigenvalue weighted by Gasteiger charge is -2.14. The average molecular weight is 261 g/mol. The van der Waals surface area contributed by atoms with E-state index in [9.17, 15) is 9.18 Å². The second kappa shape index (κ2) is 5.05. The van der Waals surface area contributed by atoms with Gasteiger partial charge in [0.05, 0.1) is 6.20 Å². The zero-order valence-corrected chi connectivity index (χ0v) is 9.29. The minimum absolute atomic E-state index is 0.204. The van der Waals surface area contributed by atoms with Gasteiger partial charge in [-0.2, -0.15) is 0 Å². The van der Waals surface area contributed by atoms with Crippen LogP contribution in [-0.4, -0.2) is 34.7 Å². The third-order valence-electron chi connectivity index (χ3n) is 1.71. The Morgan fingerprint density at radius 3 is 2.86 bits per heavy atom. The second-order valence-electron chi connectivity index (χ2n) is 2.78. The first-order valence-corrected chi connectivity index (χ1v) is 5.20. The predicted octanol–water partition coefficient (Wildman–Crippen LogP) is 1.69. The van der Waals surface area contributed by atoms with Crippen LogP contribution in [0.3, 0.4) is 0 Å². The first-order valence-electron chi connectivity index (χ1n) is 4.08. The summed E-state index contributed by atoms with van der Waals surface area (Å²) in [6, 6.07) is 2.60. The zero-order valence-electron chi connectivity index (χ0n) is 7.70. The van der Waals surface area contributed by atoms with Crippen molar-refractivity contribution in [1.29, 1.82) is 0 Å². The number of carbonyl (C=O) groups excluding carboxylic acids is 1. The van der Waals surface area contributed by atoms with E-state index in [1.54, 1.807) is 7.05 Å². The van der Waals surface area contributed by atoms with E-state index in [1.807, 2.05) is 0 Å². The standard InChI is InChI=1S/C9H10BrFN2O/c1-13(5-4-10)9(14)8-3-2-7(11)6-12-8/h2-3,6H,4-5H2,1H3. The first-order chi connectivity index (χ1) is 6.65. The van der Waals surface area contributed by atoms with Gasteiger partial charge in [-0.25, -0.2) is 9.37 Å². The minimum atomic E-state index is -0.440. The highest BCUT2D eigenvalue weighted by Gasteiger charge is 2.11. The quantitative estimate of drug-likeness (QED) is 0.776. The molecule has 0 aliphatic rings. The summed E-state index contributed by atoms with van der Waals surface area (Å²) in [5.41, 5.74) is 0.259. The SMILES string of the molecule is CN(CCBr)C(=O)c1ccc(F)cn1. The molecule has 0 saturated carbocycles. The molecular formula is C9H10BrFN2O. The molecular weight excluding hydrogens is 251 g/mol. The van der Waals surface area contributed by atoms with E-state index in [-0.39, 0.29) is 11.6 Å². The molecule has 0 aliphatic heterocycles. The number of amides is 1. The molecule has 0 aromatic carbocycles. The van der Waals surface area contributed by atoms with Crippen LogP contribution in [0.25, 0.3) is 0 Å². The van der Waals surface area contributed by atoms with Crippen molar-refractivity contribution in [2.24, 2.45) is 0 Å². The van der Waals surface area contributed by atoms with Gasteiger partial charge in [-0.15, -0.1) is 0 Å². The van der Waals surface area contributed by atoms with Gasteiger partial charge in [0.25, 0.3) is 5.91 Å². The van der Waals surface area contributed by atoms with Crippen LogP contribution in [0.2, 0.25) is 0 Å². The van der Waals surface area contributed by atoms with Crippen LogP contribution in [0.1, 0.15) is 10.5 Å². The minimum Gasteiger partial charge on any atom is -0.340 e. The van der Waals surface area contributed by atoms with Crippen molar-refractivity contribution in [1.82, 2.24) is 9.88 Å². The summed E-state index contributed by atoms with van der Waals surface area (Å²) in [6.07, 6.45) is 1.04. The summed E-state index contributed by atoms with van der Waals surface area (Å²) in [5, 5.41) is 0.705. The van der Waals surface area contributed by atoms with Crippen LogP contribution in [0.15, 0.2) is 18.3 Å². The van der Waals surface area contributed by atoms with Crippen molar-refractivity contribution in [3.63, 3.8) is 0 Å². The normalized spacial score (nSPS) is 9.93. The third-order valence-corrected chi connectivity index (χ3v) is 2.07. The highest BCUT2D eigenvalue weighted by atomic mass is 79.9. The van der Waals surface area contributed by atoms with Crippen molar-refractivity contribution < 1.29 is 9.18 Å². The summed E-state index contributed by atoms with van der Waals surface area (Å²) < 4.78 is 12.5. The van der Waals surface area contributed by atoms with Crippen LogP contribution in [0.4, 0.5) is 4.39 Å². The van der Waals surface area contributed by atoms with Gasteiger partial charge in [0, 0.05) is 18.9 Å². The lowest BCUT2D eigenvalue weighted by molar-refractivity contribution is 0.0798. The first kappa shape index (κ1) is 11.1. The Kier molecular flexibility index (Phi) is 4.00. The van der Waals surface area contributed by atoms with Gasteiger partial charge in [-0.05, 0) is 12.1 Å². The maximum absolute atomic E-state index is 12.5.